The van der Waals surface area contributed by atoms with Crippen LogP contribution in [0.1, 0.15) is 6.92 Å². The molecule has 1 atom stereocenters. The summed E-state index contributed by atoms with van der Waals surface area (Å²) in [5.74, 6) is -0.582. The highest BCUT2D eigenvalue weighted by atomic mass is 16.7. The Balaban J connectivity index is 2.14. The molecule has 0 aromatic carbocycles. The number of β-lactam (4-membered cyclic amide) rings is 1. The molecule has 5 heteroatoms. The van der Waals surface area contributed by atoms with Gasteiger partial charge in [-0.25, -0.2) is 0 Å². The molecular formula is C5H8N2O3. The molecule has 1 amide bonds. The molecule has 56 valence electrons. The predicted octanol–water partition coefficient (Wildman–Crippen LogP) is -1.45. The van der Waals surface area contributed by atoms with Crippen molar-refractivity contribution >= 4 is 11.9 Å². The first-order valence-corrected chi connectivity index (χ1v) is 2.91. The zero-order valence-corrected chi connectivity index (χ0v) is 5.51. The molecule has 1 saturated heterocycles. The average molecular weight is 144 g/mol. The van der Waals surface area contributed by atoms with Gasteiger partial charge in [0, 0.05) is 13.5 Å². The van der Waals surface area contributed by atoms with Crippen LogP contribution in [0, 0.1) is 0 Å². The SMILES string of the molecule is CC(=O)ONC1CNC1=O. The van der Waals surface area contributed by atoms with Gasteiger partial charge >= 0.3 is 5.97 Å². The van der Waals surface area contributed by atoms with E-state index < -0.39 is 5.97 Å². The minimum Gasteiger partial charge on any atom is -0.370 e. The van der Waals surface area contributed by atoms with Crippen LogP contribution in [0.15, 0.2) is 0 Å². The smallest absolute Gasteiger partial charge is 0.321 e. The van der Waals surface area contributed by atoms with Crippen LogP contribution in [0.3, 0.4) is 0 Å². The minimum absolute atomic E-state index is 0.138. The lowest BCUT2D eigenvalue weighted by atomic mass is 10.2. The molecular weight excluding hydrogens is 136 g/mol. The van der Waals surface area contributed by atoms with E-state index in [9.17, 15) is 9.59 Å². The van der Waals surface area contributed by atoms with Crippen molar-refractivity contribution in [3.63, 3.8) is 0 Å². The number of carbonyl (C=O) groups is 2. The number of amides is 1. The van der Waals surface area contributed by atoms with Gasteiger partial charge in [-0.05, 0) is 0 Å². The van der Waals surface area contributed by atoms with Crippen LogP contribution < -0.4 is 10.8 Å². The molecule has 0 aromatic rings. The van der Waals surface area contributed by atoms with Crippen molar-refractivity contribution in [3.8, 4) is 0 Å². The summed E-state index contributed by atoms with van der Waals surface area (Å²) in [5.41, 5.74) is 2.31. The van der Waals surface area contributed by atoms with Crippen LogP contribution in [0.4, 0.5) is 0 Å². The molecule has 1 heterocycles. The number of hydroxylamine groups is 1. The third-order valence-corrected chi connectivity index (χ3v) is 1.14. The molecule has 0 bridgehead atoms. The monoisotopic (exact) mass is 144 g/mol. The largest absolute Gasteiger partial charge is 0.370 e. The first kappa shape index (κ1) is 7.01. The second kappa shape index (κ2) is 2.66. The van der Waals surface area contributed by atoms with Crippen LogP contribution in [0.25, 0.3) is 0 Å². The van der Waals surface area contributed by atoms with Crippen LogP contribution >= 0.6 is 0 Å². The molecule has 1 unspecified atom stereocenters. The van der Waals surface area contributed by atoms with E-state index in [1.165, 1.54) is 6.92 Å². The Morgan fingerprint density at radius 3 is 2.90 bits per heavy atom. The van der Waals surface area contributed by atoms with Crippen molar-refractivity contribution in [2.45, 2.75) is 13.0 Å². The summed E-state index contributed by atoms with van der Waals surface area (Å²) < 4.78 is 0. The van der Waals surface area contributed by atoms with Crippen LogP contribution in [-0.4, -0.2) is 24.5 Å². The van der Waals surface area contributed by atoms with Gasteiger partial charge < -0.3 is 10.2 Å². The van der Waals surface area contributed by atoms with E-state index in [0.717, 1.165) is 0 Å². The third kappa shape index (κ3) is 1.44. The Morgan fingerprint density at radius 2 is 2.60 bits per heavy atom. The van der Waals surface area contributed by atoms with Crippen molar-refractivity contribution in [2.24, 2.45) is 0 Å². The average Bonchev–Trinajstić information content (AvgIpc) is 1.84. The predicted molar refractivity (Wildman–Crippen MR) is 31.7 cm³/mol. The van der Waals surface area contributed by atoms with Gasteiger partial charge in [-0.15, -0.1) is 5.48 Å². The Morgan fingerprint density at radius 1 is 1.90 bits per heavy atom. The van der Waals surface area contributed by atoms with E-state index in [1.807, 2.05) is 0 Å². The number of nitrogens with one attached hydrogen (secondary N) is 2. The summed E-state index contributed by atoms with van der Waals surface area (Å²) in [7, 11) is 0. The Bertz CT molecular complexity index is 168. The number of hydrogen-bond acceptors (Lipinski definition) is 4. The Labute approximate surface area is 57.7 Å². The lowest BCUT2D eigenvalue weighted by Gasteiger charge is -2.25. The topological polar surface area (TPSA) is 67.4 Å². The van der Waals surface area contributed by atoms with Gasteiger partial charge in [0.05, 0.1) is 0 Å². The van der Waals surface area contributed by atoms with E-state index in [-0.39, 0.29) is 11.9 Å². The van der Waals surface area contributed by atoms with Gasteiger partial charge in [-0.3, -0.25) is 9.59 Å². The van der Waals surface area contributed by atoms with Gasteiger partial charge in [0.2, 0.25) is 5.91 Å². The molecule has 0 aliphatic carbocycles. The van der Waals surface area contributed by atoms with E-state index >= 15 is 0 Å². The van der Waals surface area contributed by atoms with Gasteiger partial charge in [0.1, 0.15) is 6.04 Å². The fourth-order valence-corrected chi connectivity index (χ4v) is 0.537. The molecule has 5 nitrogen and oxygen atoms in total. The molecule has 1 fully saturated rings. The highest BCUT2D eigenvalue weighted by Crippen LogP contribution is 1.92. The Hall–Kier alpha value is -1.10. The van der Waals surface area contributed by atoms with Crippen LogP contribution in [0.2, 0.25) is 0 Å². The maximum Gasteiger partial charge on any atom is 0.321 e. The maximum absolute atomic E-state index is 10.5. The molecule has 0 aromatic heterocycles. The first-order valence-electron chi connectivity index (χ1n) is 2.91. The fourth-order valence-electron chi connectivity index (χ4n) is 0.537. The van der Waals surface area contributed by atoms with E-state index in [4.69, 9.17) is 0 Å². The second-order valence-corrected chi connectivity index (χ2v) is 2.01. The molecule has 1 aliphatic heterocycles. The summed E-state index contributed by atoms with van der Waals surface area (Å²) >= 11 is 0. The molecule has 0 radical (unpaired) electrons. The summed E-state index contributed by atoms with van der Waals surface area (Å²) in [6.07, 6.45) is 0. The second-order valence-electron chi connectivity index (χ2n) is 2.01. The van der Waals surface area contributed by atoms with Crippen LogP contribution in [-0.2, 0) is 14.4 Å². The molecule has 0 spiro atoms. The summed E-state index contributed by atoms with van der Waals surface area (Å²) in [6.45, 7) is 1.79. The van der Waals surface area contributed by atoms with Crippen molar-refractivity contribution in [3.05, 3.63) is 0 Å². The third-order valence-electron chi connectivity index (χ3n) is 1.14. The number of hydrogen-bond donors (Lipinski definition) is 2. The number of rotatable bonds is 2. The Kier molecular flexibility index (Phi) is 1.86. The lowest BCUT2D eigenvalue weighted by Crippen LogP contribution is -2.60. The maximum atomic E-state index is 10.5. The fraction of sp³-hybridized carbons (Fsp3) is 0.600. The van der Waals surface area contributed by atoms with E-state index in [0.29, 0.717) is 6.54 Å². The van der Waals surface area contributed by atoms with Crippen LogP contribution in [0.5, 0.6) is 0 Å². The zero-order chi connectivity index (χ0) is 7.56. The van der Waals surface area contributed by atoms with Crippen molar-refractivity contribution < 1.29 is 14.4 Å². The van der Waals surface area contributed by atoms with Gasteiger partial charge in [-0.2, -0.15) is 0 Å². The minimum atomic E-state index is -0.445. The van der Waals surface area contributed by atoms with Crippen molar-refractivity contribution in [1.29, 1.82) is 0 Å². The summed E-state index contributed by atoms with van der Waals surface area (Å²) in [5, 5.41) is 2.49. The normalized spacial score (nSPS) is 22.9. The number of carbonyl (C=O) groups excluding carboxylic acids is 2. The van der Waals surface area contributed by atoms with Gasteiger partial charge in [0.15, 0.2) is 0 Å². The summed E-state index contributed by atoms with van der Waals surface area (Å²) in [6, 6.07) is -0.358. The van der Waals surface area contributed by atoms with Gasteiger partial charge in [-0.1, -0.05) is 0 Å². The molecule has 1 aliphatic rings. The van der Waals surface area contributed by atoms with Gasteiger partial charge in [0.25, 0.3) is 0 Å². The highest BCUT2D eigenvalue weighted by molar-refractivity contribution is 5.87. The van der Waals surface area contributed by atoms with E-state index in [1.54, 1.807) is 0 Å². The quantitative estimate of drug-likeness (QED) is 0.367. The molecule has 2 N–H and O–H groups in total. The van der Waals surface area contributed by atoms with Crippen molar-refractivity contribution in [1.82, 2.24) is 10.8 Å². The molecule has 10 heavy (non-hydrogen) atoms. The molecule has 0 saturated carbocycles. The zero-order valence-electron chi connectivity index (χ0n) is 5.51. The standard InChI is InChI=1S/C5H8N2O3/c1-3(8)10-7-4-2-6-5(4)9/h4,7H,2H2,1H3,(H,6,9). The van der Waals surface area contributed by atoms with E-state index in [2.05, 4.69) is 15.6 Å². The molecule has 1 rings (SSSR count). The highest BCUT2D eigenvalue weighted by Gasteiger charge is 2.28. The lowest BCUT2D eigenvalue weighted by molar-refractivity contribution is -0.154. The summed E-state index contributed by atoms with van der Waals surface area (Å²) in [4.78, 5) is 25.0. The first-order chi connectivity index (χ1) is 4.70. The van der Waals surface area contributed by atoms with Crippen molar-refractivity contribution in [2.75, 3.05) is 6.54 Å².